The van der Waals surface area contributed by atoms with E-state index in [4.69, 9.17) is 10.00 Å². The molecule has 0 spiro atoms. The van der Waals surface area contributed by atoms with Gasteiger partial charge in [0.15, 0.2) is 6.10 Å². The molecular weight excluding hydrogens is 208 g/mol. The lowest BCUT2D eigenvalue weighted by Gasteiger charge is -2.11. The quantitative estimate of drug-likeness (QED) is 0.579. The molecule has 0 radical (unpaired) electrons. The van der Waals surface area contributed by atoms with E-state index in [1.54, 1.807) is 26.8 Å². The van der Waals surface area contributed by atoms with Crippen molar-refractivity contribution in [1.29, 1.82) is 5.26 Å². The van der Waals surface area contributed by atoms with Crippen LogP contribution in [0.1, 0.15) is 18.1 Å². The zero-order valence-corrected chi connectivity index (χ0v) is 9.35. The minimum absolute atomic E-state index is 0.00531. The summed E-state index contributed by atoms with van der Waals surface area (Å²) >= 11 is 0. The molecule has 5 nitrogen and oxygen atoms in total. The van der Waals surface area contributed by atoms with Gasteiger partial charge in [-0.15, -0.1) is 0 Å². The Morgan fingerprint density at radius 2 is 2.06 bits per heavy atom. The van der Waals surface area contributed by atoms with E-state index >= 15 is 0 Å². The zero-order chi connectivity index (χ0) is 12.3. The van der Waals surface area contributed by atoms with E-state index in [0.29, 0.717) is 11.3 Å². The van der Waals surface area contributed by atoms with Gasteiger partial charge in [-0.25, -0.2) is 0 Å². The maximum Gasteiger partial charge on any atom is 0.276 e. The molecule has 0 saturated heterocycles. The van der Waals surface area contributed by atoms with Crippen LogP contribution in [0.25, 0.3) is 0 Å². The molecule has 0 aliphatic heterocycles. The van der Waals surface area contributed by atoms with Crippen molar-refractivity contribution in [3.8, 4) is 11.8 Å². The second-order valence-electron chi connectivity index (χ2n) is 3.55. The Morgan fingerprint density at radius 3 is 2.56 bits per heavy atom. The van der Waals surface area contributed by atoms with Crippen LogP contribution in [0, 0.1) is 35.3 Å². The smallest absolute Gasteiger partial charge is 0.276 e. The average molecular weight is 220 g/mol. The number of hydrogen-bond acceptors (Lipinski definition) is 4. The van der Waals surface area contributed by atoms with Gasteiger partial charge in [0.25, 0.3) is 5.69 Å². The number of rotatable bonds is 3. The normalized spacial score (nSPS) is 11.6. The molecule has 0 heterocycles. The Kier molecular flexibility index (Phi) is 3.46. The summed E-state index contributed by atoms with van der Waals surface area (Å²) in [4.78, 5) is 10.3. The van der Waals surface area contributed by atoms with Crippen LogP contribution in [0.4, 0.5) is 5.69 Å². The molecule has 1 aromatic carbocycles. The highest BCUT2D eigenvalue weighted by atomic mass is 16.6. The number of benzene rings is 1. The van der Waals surface area contributed by atoms with E-state index in [9.17, 15) is 10.1 Å². The molecule has 0 saturated carbocycles. The van der Waals surface area contributed by atoms with Gasteiger partial charge in [-0.3, -0.25) is 10.1 Å². The number of nitriles is 1. The summed E-state index contributed by atoms with van der Waals surface area (Å²) in [6.07, 6.45) is -0.624. The fraction of sp³-hybridized carbons (Fsp3) is 0.364. The predicted octanol–water partition coefficient (Wildman–Crippen LogP) is 2.50. The number of nitro benzene ring substituents is 1. The van der Waals surface area contributed by atoms with Crippen molar-refractivity contribution < 1.29 is 9.66 Å². The summed E-state index contributed by atoms with van der Waals surface area (Å²) in [6, 6.07) is 4.95. The summed E-state index contributed by atoms with van der Waals surface area (Å²) in [7, 11) is 0. The van der Waals surface area contributed by atoms with Gasteiger partial charge in [-0.05, 0) is 32.4 Å². The molecule has 1 rings (SSSR count). The Labute approximate surface area is 93.4 Å². The summed E-state index contributed by atoms with van der Waals surface area (Å²) in [5.74, 6) is 0.381. The first kappa shape index (κ1) is 12.0. The van der Waals surface area contributed by atoms with Crippen LogP contribution in [0.2, 0.25) is 0 Å². The molecule has 0 bridgehead atoms. The minimum atomic E-state index is -0.624. The lowest BCUT2D eigenvalue weighted by Crippen LogP contribution is -2.09. The van der Waals surface area contributed by atoms with Gasteiger partial charge in [0, 0.05) is 5.56 Å². The molecule has 0 aliphatic carbocycles. The third kappa shape index (κ3) is 2.48. The maximum absolute atomic E-state index is 10.7. The highest BCUT2D eigenvalue weighted by Gasteiger charge is 2.15. The second-order valence-corrected chi connectivity index (χ2v) is 3.55. The SMILES string of the molecule is Cc1cc(C)c([N+](=O)[O-])cc1OC(C)C#N. The summed E-state index contributed by atoms with van der Waals surface area (Å²) in [5, 5.41) is 19.3. The summed E-state index contributed by atoms with van der Waals surface area (Å²) in [6.45, 7) is 5.05. The number of hydrogen-bond donors (Lipinski definition) is 0. The Morgan fingerprint density at radius 1 is 1.44 bits per heavy atom. The largest absolute Gasteiger partial charge is 0.475 e. The van der Waals surface area contributed by atoms with Crippen molar-refractivity contribution in [2.24, 2.45) is 0 Å². The molecular formula is C11H12N2O3. The summed E-state index contributed by atoms with van der Waals surface area (Å²) < 4.78 is 5.27. The molecule has 84 valence electrons. The molecule has 5 heteroatoms. The van der Waals surface area contributed by atoms with Crippen LogP contribution in [0.3, 0.4) is 0 Å². The van der Waals surface area contributed by atoms with Gasteiger partial charge in [0.05, 0.1) is 11.0 Å². The molecule has 0 amide bonds. The van der Waals surface area contributed by atoms with Crippen LogP contribution in [0.5, 0.6) is 5.75 Å². The van der Waals surface area contributed by atoms with Crippen LogP contribution in [-0.2, 0) is 0 Å². The van der Waals surface area contributed by atoms with Crippen LogP contribution in [0.15, 0.2) is 12.1 Å². The number of nitro groups is 1. The molecule has 0 aliphatic rings. The van der Waals surface area contributed by atoms with Gasteiger partial charge in [0.1, 0.15) is 11.8 Å². The minimum Gasteiger partial charge on any atom is -0.475 e. The number of ether oxygens (including phenoxy) is 1. The van der Waals surface area contributed by atoms with E-state index in [1.165, 1.54) is 6.07 Å². The molecule has 1 unspecified atom stereocenters. The topological polar surface area (TPSA) is 76.2 Å². The molecule has 0 N–H and O–H groups in total. The van der Waals surface area contributed by atoms with Crippen LogP contribution < -0.4 is 4.74 Å². The monoisotopic (exact) mass is 220 g/mol. The Bertz CT molecular complexity index is 463. The molecule has 1 aromatic rings. The van der Waals surface area contributed by atoms with Crippen molar-refractivity contribution in [1.82, 2.24) is 0 Å². The third-order valence-corrected chi connectivity index (χ3v) is 2.18. The number of aryl methyl sites for hydroxylation is 2. The van der Waals surface area contributed by atoms with Crippen molar-refractivity contribution in [2.75, 3.05) is 0 Å². The van der Waals surface area contributed by atoms with E-state index < -0.39 is 11.0 Å². The van der Waals surface area contributed by atoms with Crippen LogP contribution in [-0.4, -0.2) is 11.0 Å². The molecule has 16 heavy (non-hydrogen) atoms. The fourth-order valence-corrected chi connectivity index (χ4v) is 1.36. The van der Waals surface area contributed by atoms with Gasteiger partial charge in [0.2, 0.25) is 0 Å². The molecule has 0 aromatic heterocycles. The highest BCUT2D eigenvalue weighted by Crippen LogP contribution is 2.28. The van der Waals surface area contributed by atoms with E-state index in [-0.39, 0.29) is 5.69 Å². The Hall–Kier alpha value is -2.09. The van der Waals surface area contributed by atoms with Gasteiger partial charge >= 0.3 is 0 Å². The lowest BCUT2D eigenvalue weighted by molar-refractivity contribution is -0.385. The predicted molar refractivity (Wildman–Crippen MR) is 58.3 cm³/mol. The first-order valence-corrected chi connectivity index (χ1v) is 4.77. The zero-order valence-electron chi connectivity index (χ0n) is 9.35. The number of nitrogens with zero attached hydrogens (tertiary/aromatic N) is 2. The van der Waals surface area contributed by atoms with E-state index in [1.807, 2.05) is 6.07 Å². The van der Waals surface area contributed by atoms with Gasteiger partial charge < -0.3 is 4.74 Å². The average Bonchev–Trinajstić information content (AvgIpc) is 2.21. The first-order valence-electron chi connectivity index (χ1n) is 4.77. The summed E-state index contributed by atoms with van der Waals surface area (Å²) in [5.41, 5.74) is 1.37. The highest BCUT2D eigenvalue weighted by molar-refractivity contribution is 5.49. The van der Waals surface area contributed by atoms with Gasteiger partial charge in [-0.1, -0.05) is 0 Å². The fourth-order valence-electron chi connectivity index (χ4n) is 1.36. The van der Waals surface area contributed by atoms with Gasteiger partial charge in [-0.2, -0.15) is 5.26 Å². The van der Waals surface area contributed by atoms with Crippen molar-refractivity contribution in [3.63, 3.8) is 0 Å². The van der Waals surface area contributed by atoms with Crippen molar-refractivity contribution in [2.45, 2.75) is 26.9 Å². The second kappa shape index (κ2) is 4.62. The van der Waals surface area contributed by atoms with Crippen molar-refractivity contribution in [3.05, 3.63) is 33.4 Å². The molecule has 0 fully saturated rings. The lowest BCUT2D eigenvalue weighted by atomic mass is 10.1. The van der Waals surface area contributed by atoms with E-state index in [2.05, 4.69) is 0 Å². The third-order valence-electron chi connectivity index (χ3n) is 2.18. The Balaban J connectivity index is 3.16. The van der Waals surface area contributed by atoms with E-state index in [0.717, 1.165) is 5.56 Å². The molecule has 1 atom stereocenters. The van der Waals surface area contributed by atoms with Crippen LogP contribution >= 0.6 is 0 Å². The maximum atomic E-state index is 10.7. The van der Waals surface area contributed by atoms with Crippen molar-refractivity contribution >= 4 is 5.69 Å². The standard InChI is InChI=1S/C11H12N2O3/c1-7-4-8(2)11(16-9(3)6-12)5-10(7)13(14)15/h4-5,9H,1-3H3. The first-order chi connectivity index (χ1) is 7.45.